The number of aromatic nitrogens is 2. The molecule has 5 nitrogen and oxygen atoms in total. The van der Waals surface area contributed by atoms with Crippen molar-refractivity contribution in [3.8, 4) is 5.75 Å². The van der Waals surface area contributed by atoms with E-state index >= 15 is 0 Å². The van der Waals surface area contributed by atoms with Crippen LogP contribution < -0.4 is 10.1 Å². The van der Waals surface area contributed by atoms with Crippen molar-refractivity contribution in [1.82, 2.24) is 10.2 Å². The van der Waals surface area contributed by atoms with Crippen molar-refractivity contribution < 1.29 is 9.53 Å². The molecule has 2 aromatic rings. The van der Waals surface area contributed by atoms with Crippen LogP contribution in [-0.4, -0.2) is 22.7 Å². The van der Waals surface area contributed by atoms with E-state index in [-0.39, 0.29) is 12.5 Å². The molecule has 1 heterocycles. The second-order valence-corrected chi connectivity index (χ2v) is 4.63. The van der Waals surface area contributed by atoms with E-state index in [1.54, 1.807) is 5.51 Å². The standard InChI is InChI=1S/C12H13N3O2S/c1-8-4-3-5-9(2)11(8)17-6-10(16)14-12-15-13-7-18-12/h3-5,7H,6H2,1-2H3,(H,14,15,16). The van der Waals surface area contributed by atoms with Crippen LogP contribution in [0.5, 0.6) is 5.75 Å². The van der Waals surface area contributed by atoms with Crippen molar-refractivity contribution in [2.75, 3.05) is 11.9 Å². The van der Waals surface area contributed by atoms with E-state index in [1.807, 2.05) is 32.0 Å². The minimum absolute atomic E-state index is 0.0364. The van der Waals surface area contributed by atoms with E-state index in [2.05, 4.69) is 15.5 Å². The lowest BCUT2D eigenvalue weighted by atomic mass is 10.1. The normalized spacial score (nSPS) is 10.1. The molecule has 0 spiro atoms. The van der Waals surface area contributed by atoms with Gasteiger partial charge in [0.05, 0.1) is 0 Å². The van der Waals surface area contributed by atoms with Crippen LogP contribution in [0.15, 0.2) is 23.7 Å². The molecule has 1 amide bonds. The number of hydrogen-bond donors (Lipinski definition) is 1. The molecule has 0 bridgehead atoms. The van der Waals surface area contributed by atoms with Crippen molar-refractivity contribution >= 4 is 22.4 Å². The Kier molecular flexibility index (Phi) is 3.88. The fraction of sp³-hybridized carbons (Fsp3) is 0.250. The second kappa shape index (κ2) is 5.59. The van der Waals surface area contributed by atoms with Crippen molar-refractivity contribution in [2.45, 2.75) is 13.8 Å². The Morgan fingerprint density at radius 2 is 2.11 bits per heavy atom. The molecule has 0 unspecified atom stereocenters. The zero-order chi connectivity index (χ0) is 13.0. The van der Waals surface area contributed by atoms with Gasteiger partial charge >= 0.3 is 0 Å². The number of anilines is 1. The first-order valence-corrected chi connectivity index (χ1v) is 6.30. The van der Waals surface area contributed by atoms with Crippen LogP contribution in [0, 0.1) is 13.8 Å². The lowest BCUT2D eigenvalue weighted by Crippen LogP contribution is -2.20. The molecule has 1 N–H and O–H groups in total. The lowest BCUT2D eigenvalue weighted by molar-refractivity contribution is -0.118. The van der Waals surface area contributed by atoms with E-state index in [0.717, 1.165) is 16.9 Å². The molecule has 6 heteroatoms. The summed E-state index contributed by atoms with van der Waals surface area (Å²) in [5.74, 6) is 0.513. The second-order valence-electron chi connectivity index (χ2n) is 3.80. The number of carbonyl (C=O) groups is 1. The summed E-state index contributed by atoms with van der Waals surface area (Å²) in [7, 11) is 0. The average Bonchev–Trinajstić information content (AvgIpc) is 2.81. The molecule has 0 aliphatic heterocycles. The van der Waals surface area contributed by atoms with Gasteiger partial charge in [-0.2, -0.15) is 0 Å². The molecule has 0 saturated carbocycles. The molecular weight excluding hydrogens is 250 g/mol. The molecule has 94 valence electrons. The molecule has 0 aliphatic carbocycles. The Morgan fingerprint density at radius 1 is 1.39 bits per heavy atom. The number of para-hydroxylation sites is 1. The Bertz CT molecular complexity index is 520. The molecule has 0 atom stereocenters. The number of amides is 1. The van der Waals surface area contributed by atoms with Crippen LogP contribution in [-0.2, 0) is 4.79 Å². The SMILES string of the molecule is Cc1cccc(C)c1OCC(=O)Nc1nncs1. The number of aryl methyl sites for hydroxylation is 2. The Balaban J connectivity index is 1.93. The summed E-state index contributed by atoms with van der Waals surface area (Å²) in [6.45, 7) is 3.86. The third-order valence-electron chi connectivity index (χ3n) is 2.36. The van der Waals surface area contributed by atoms with Crippen LogP contribution >= 0.6 is 11.3 Å². The Morgan fingerprint density at radius 3 is 2.72 bits per heavy atom. The maximum absolute atomic E-state index is 11.6. The van der Waals surface area contributed by atoms with E-state index < -0.39 is 0 Å². The zero-order valence-corrected chi connectivity index (χ0v) is 11.0. The van der Waals surface area contributed by atoms with E-state index in [1.165, 1.54) is 11.3 Å². The molecule has 1 aromatic carbocycles. The topological polar surface area (TPSA) is 64.1 Å². The number of hydrogen-bond acceptors (Lipinski definition) is 5. The third kappa shape index (κ3) is 3.04. The van der Waals surface area contributed by atoms with Crippen molar-refractivity contribution in [3.63, 3.8) is 0 Å². The number of nitrogens with zero attached hydrogens (tertiary/aromatic N) is 2. The highest BCUT2D eigenvalue weighted by Crippen LogP contribution is 2.22. The van der Waals surface area contributed by atoms with Crippen molar-refractivity contribution in [1.29, 1.82) is 0 Å². The van der Waals surface area contributed by atoms with Gasteiger partial charge in [0.15, 0.2) is 6.61 Å². The fourth-order valence-electron chi connectivity index (χ4n) is 1.55. The maximum Gasteiger partial charge on any atom is 0.264 e. The van der Waals surface area contributed by atoms with E-state index in [9.17, 15) is 4.79 Å². The highest BCUT2D eigenvalue weighted by atomic mass is 32.1. The molecule has 0 aliphatic rings. The molecule has 2 rings (SSSR count). The van der Waals surface area contributed by atoms with Crippen LogP contribution in [0.4, 0.5) is 5.13 Å². The maximum atomic E-state index is 11.6. The first kappa shape index (κ1) is 12.5. The lowest BCUT2D eigenvalue weighted by Gasteiger charge is -2.11. The predicted molar refractivity (Wildman–Crippen MR) is 69.9 cm³/mol. The monoisotopic (exact) mass is 263 g/mol. The van der Waals surface area contributed by atoms with Crippen LogP contribution in [0.2, 0.25) is 0 Å². The largest absolute Gasteiger partial charge is 0.483 e. The van der Waals surface area contributed by atoms with Crippen molar-refractivity contribution in [2.24, 2.45) is 0 Å². The molecule has 18 heavy (non-hydrogen) atoms. The van der Waals surface area contributed by atoms with Crippen LogP contribution in [0.1, 0.15) is 11.1 Å². The summed E-state index contributed by atoms with van der Waals surface area (Å²) in [4.78, 5) is 11.6. The van der Waals surface area contributed by atoms with Gasteiger partial charge in [-0.1, -0.05) is 29.5 Å². The smallest absolute Gasteiger partial charge is 0.264 e. The highest BCUT2D eigenvalue weighted by Gasteiger charge is 2.08. The van der Waals surface area contributed by atoms with Gasteiger partial charge in [0, 0.05) is 0 Å². The van der Waals surface area contributed by atoms with Gasteiger partial charge in [-0.25, -0.2) is 0 Å². The van der Waals surface area contributed by atoms with Gasteiger partial charge in [0.1, 0.15) is 11.3 Å². The van der Waals surface area contributed by atoms with E-state index in [0.29, 0.717) is 5.13 Å². The quantitative estimate of drug-likeness (QED) is 0.918. The summed E-state index contributed by atoms with van der Waals surface area (Å²) in [5.41, 5.74) is 3.58. The van der Waals surface area contributed by atoms with Crippen LogP contribution in [0.3, 0.4) is 0 Å². The molecule has 0 saturated heterocycles. The van der Waals surface area contributed by atoms with Gasteiger partial charge in [-0.15, -0.1) is 10.2 Å². The summed E-state index contributed by atoms with van der Waals surface area (Å²) in [6.07, 6.45) is 0. The zero-order valence-electron chi connectivity index (χ0n) is 10.1. The minimum Gasteiger partial charge on any atom is -0.483 e. The summed E-state index contributed by atoms with van der Waals surface area (Å²) in [5, 5.41) is 10.5. The number of carbonyl (C=O) groups excluding carboxylic acids is 1. The van der Waals surface area contributed by atoms with Crippen molar-refractivity contribution in [3.05, 3.63) is 34.8 Å². The third-order valence-corrected chi connectivity index (χ3v) is 2.97. The van der Waals surface area contributed by atoms with Gasteiger partial charge < -0.3 is 4.74 Å². The molecule has 0 radical (unpaired) electrons. The number of rotatable bonds is 4. The van der Waals surface area contributed by atoms with Gasteiger partial charge in [0.2, 0.25) is 5.13 Å². The van der Waals surface area contributed by atoms with Crippen LogP contribution in [0.25, 0.3) is 0 Å². The first-order valence-electron chi connectivity index (χ1n) is 5.42. The summed E-state index contributed by atoms with van der Waals surface area (Å²) < 4.78 is 5.52. The van der Waals surface area contributed by atoms with E-state index in [4.69, 9.17) is 4.74 Å². The first-order chi connectivity index (χ1) is 8.66. The summed E-state index contributed by atoms with van der Waals surface area (Å²) >= 11 is 1.27. The molecule has 0 fully saturated rings. The number of benzene rings is 1. The van der Waals surface area contributed by atoms with Gasteiger partial charge in [-0.05, 0) is 25.0 Å². The minimum atomic E-state index is -0.241. The number of ether oxygens (including phenoxy) is 1. The van der Waals surface area contributed by atoms with Gasteiger partial charge in [-0.3, -0.25) is 10.1 Å². The molecular formula is C12H13N3O2S. The van der Waals surface area contributed by atoms with Gasteiger partial charge in [0.25, 0.3) is 5.91 Å². The number of nitrogens with one attached hydrogen (secondary N) is 1. The highest BCUT2D eigenvalue weighted by molar-refractivity contribution is 7.13. The average molecular weight is 263 g/mol. The Labute approximate surface area is 109 Å². The molecule has 1 aromatic heterocycles. The summed E-state index contributed by atoms with van der Waals surface area (Å²) in [6, 6.07) is 5.86. The predicted octanol–water partition coefficient (Wildman–Crippen LogP) is 2.17. The Hall–Kier alpha value is -1.95. The fourth-order valence-corrected chi connectivity index (χ4v) is 2.01.